The fraction of sp³-hybridized carbons (Fsp3) is 0.533. The molecule has 1 fully saturated rings. The lowest BCUT2D eigenvalue weighted by Gasteiger charge is -2.34. The molecule has 0 aromatic carbocycles. The van der Waals surface area contributed by atoms with Crippen molar-refractivity contribution in [1.82, 2.24) is 9.88 Å². The first-order valence-electron chi connectivity index (χ1n) is 7.56. The predicted molar refractivity (Wildman–Crippen MR) is 84.0 cm³/mol. The summed E-state index contributed by atoms with van der Waals surface area (Å²) in [6.45, 7) is 6.67. The van der Waals surface area contributed by atoms with Crippen LogP contribution in [0.3, 0.4) is 0 Å². The lowest BCUT2D eigenvalue weighted by atomic mass is 10.3. The van der Waals surface area contributed by atoms with Gasteiger partial charge < -0.3 is 19.9 Å². The van der Waals surface area contributed by atoms with Gasteiger partial charge in [-0.3, -0.25) is 4.79 Å². The molecule has 2 rings (SSSR count). The maximum Gasteiger partial charge on any atom is 0.409 e. The fourth-order valence-electron chi connectivity index (χ4n) is 2.23. The van der Waals surface area contributed by atoms with Gasteiger partial charge in [-0.05, 0) is 19.1 Å². The number of nitrogens with one attached hydrogen (secondary N) is 1. The van der Waals surface area contributed by atoms with Crippen LogP contribution in [0, 0.1) is 0 Å². The first kappa shape index (κ1) is 16.1. The van der Waals surface area contributed by atoms with Gasteiger partial charge in [0.2, 0.25) is 5.91 Å². The molecular weight excluding hydrogens is 284 g/mol. The van der Waals surface area contributed by atoms with E-state index in [2.05, 4.69) is 15.2 Å². The summed E-state index contributed by atoms with van der Waals surface area (Å²) in [5, 5.41) is 2.77. The van der Waals surface area contributed by atoms with Gasteiger partial charge in [-0.1, -0.05) is 6.92 Å². The van der Waals surface area contributed by atoms with Crippen LogP contribution in [0.5, 0.6) is 0 Å². The zero-order valence-electron chi connectivity index (χ0n) is 13.0. The number of carbonyl (C=O) groups excluding carboxylic acids is 2. The summed E-state index contributed by atoms with van der Waals surface area (Å²) in [6, 6.07) is 3.72. The van der Waals surface area contributed by atoms with Crippen molar-refractivity contribution >= 4 is 23.5 Å². The van der Waals surface area contributed by atoms with Gasteiger partial charge in [0, 0.05) is 32.6 Å². The van der Waals surface area contributed by atoms with Crippen molar-refractivity contribution in [1.29, 1.82) is 0 Å². The lowest BCUT2D eigenvalue weighted by Crippen LogP contribution is -2.49. The van der Waals surface area contributed by atoms with Crippen LogP contribution in [0.2, 0.25) is 0 Å². The summed E-state index contributed by atoms with van der Waals surface area (Å²) in [7, 11) is 0. The molecule has 120 valence electrons. The molecule has 0 unspecified atom stereocenters. The SMILES string of the molecule is CCOC(=O)N1CCN(c2ccc(NC(=O)CC)cn2)CC1. The van der Waals surface area contributed by atoms with Crippen LogP contribution in [0.25, 0.3) is 0 Å². The molecule has 0 aliphatic carbocycles. The van der Waals surface area contributed by atoms with Crippen molar-refractivity contribution in [2.24, 2.45) is 0 Å². The van der Waals surface area contributed by atoms with Gasteiger partial charge in [0.15, 0.2) is 0 Å². The molecule has 0 spiro atoms. The Labute approximate surface area is 130 Å². The Bertz CT molecular complexity index is 510. The minimum absolute atomic E-state index is 0.0300. The number of carbonyl (C=O) groups is 2. The Hall–Kier alpha value is -2.31. The van der Waals surface area contributed by atoms with E-state index in [0.717, 1.165) is 5.82 Å². The van der Waals surface area contributed by atoms with Crippen molar-refractivity contribution < 1.29 is 14.3 Å². The molecule has 1 aromatic rings. The third-order valence-electron chi connectivity index (χ3n) is 3.48. The van der Waals surface area contributed by atoms with E-state index in [1.807, 2.05) is 12.1 Å². The van der Waals surface area contributed by atoms with Crippen LogP contribution in [0.1, 0.15) is 20.3 Å². The molecule has 2 amide bonds. The van der Waals surface area contributed by atoms with Crippen LogP contribution >= 0.6 is 0 Å². The Balaban J connectivity index is 1.88. The monoisotopic (exact) mass is 306 g/mol. The number of anilines is 2. The van der Waals surface area contributed by atoms with E-state index >= 15 is 0 Å². The van der Waals surface area contributed by atoms with Crippen LogP contribution < -0.4 is 10.2 Å². The molecule has 2 heterocycles. The number of hydrogen-bond acceptors (Lipinski definition) is 5. The zero-order valence-corrected chi connectivity index (χ0v) is 13.0. The molecule has 22 heavy (non-hydrogen) atoms. The van der Waals surface area contributed by atoms with Gasteiger partial charge in [-0.2, -0.15) is 0 Å². The molecule has 1 saturated heterocycles. The number of aromatic nitrogens is 1. The minimum atomic E-state index is -0.257. The van der Waals surface area contributed by atoms with Crippen molar-refractivity contribution in [3.63, 3.8) is 0 Å². The van der Waals surface area contributed by atoms with Crippen molar-refractivity contribution in [3.8, 4) is 0 Å². The number of rotatable bonds is 4. The second-order valence-electron chi connectivity index (χ2n) is 4.98. The van der Waals surface area contributed by atoms with E-state index in [4.69, 9.17) is 4.74 Å². The largest absolute Gasteiger partial charge is 0.450 e. The van der Waals surface area contributed by atoms with Gasteiger partial charge in [-0.15, -0.1) is 0 Å². The number of piperazine rings is 1. The maximum absolute atomic E-state index is 11.6. The van der Waals surface area contributed by atoms with Crippen molar-refractivity contribution in [3.05, 3.63) is 18.3 Å². The standard InChI is InChI=1S/C15H22N4O3/c1-3-14(20)17-12-5-6-13(16-11-12)18-7-9-19(10-8-18)15(21)22-4-2/h5-6,11H,3-4,7-10H2,1-2H3,(H,17,20). The quantitative estimate of drug-likeness (QED) is 0.916. The molecule has 7 nitrogen and oxygen atoms in total. The molecule has 0 saturated carbocycles. The highest BCUT2D eigenvalue weighted by atomic mass is 16.6. The van der Waals surface area contributed by atoms with Crippen LogP contribution in [0.4, 0.5) is 16.3 Å². The average Bonchev–Trinajstić information content (AvgIpc) is 2.56. The molecule has 1 aliphatic rings. The molecule has 1 N–H and O–H groups in total. The topological polar surface area (TPSA) is 74.8 Å². The number of nitrogens with zero attached hydrogens (tertiary/aromatic N) is 3. The Morgan fingerprint density at radius 2 is 1.95 bits per heavy atom. The molecule has 0 bridgehead atoms. The Morgan fingerprint density at radius 3 is 2.50 bits per heavy atom. The third-order valence-corrected chi connectivity index (χ3v) is 3.48. The van der Waals surface area contributed by atoms with E-state index in [1.165, 1.54) is 0 Å². The summed E-state index contributed by atoms with van der Waals surface area (Å²) in [5.74, 6) is 0.815. The van der Waals surface area contributed by atoms with Crippen molar-refractivity contribution in [2.75, 3.05) is 43.0 Å². The zero-order chi connectivity index (χ0) is 15.9. The molecule has 1 aromatic heterocycles. The highest BCUT2D eigenvalue weighted by Crippen LogP contribution is 2.16. The van der Waals surface area contributed by atoms with E-state index in [1.54, 1.807) is 24.9 Å². The second-order valence-corrected chi connectivity index (χ2v) is 4.98. The van der Waals surface area contributed by atoms with E-state index in [0.29, 0.717) is 44.9 Å². The second kappa shape index (κ2) is 7.63. The molecule has 1 aliphatic heterocycles. The van der Waals surface area contributed by atoms with Crippen LogP contribution in [0.15, 0.2) is 18.3 Å². The average molecular weight is 306 g/mol. The summed E-state index contributed by atoms with van der Waals surface area (Å²) in [4.78, 5) is 31.2. The molecular formula is C15H22N4O3. The normalized spacial score (nSPS) is 14.6. The van der Waals surface area contributed by atoms with Gasteiger partial charge in [0.05, 0.1) is 18.5 Å². The summed E-state index contributed by atoms with van der Waals surface area (Å²) >= 11 is 0. The minimum Gasteiger partial charge on any atom is -0.450 e. The van der Waals surface area contributed by atoms with Crippen molar-refractivity contribution in [2.45, 2.75) is 20.3 Å². The summed E-state index contributed by atoms with van der Waals surface area (Å²) in [6.07, 6.45) is 1.84. The van der Waals surface area contributed by atoms with E-state index in [9.17, 15) is 9.59 Å². The fourth-order valence-corrected chi connectivity index (χ4v) is 2.23. The lowest BCUT2D eigenvalue weighted by molar-refractivity contribution is -0.115. The number of pyridine rings is 1. The van der Waals surface area contributed by atoms with Crippen LogP contribution in [-0.2, 0) is 9.53 Å². The number of ether oxygens (including phenoxy) is 1. The summed E-state index contributed by atoms with van der Waals surface area (Å²) < 4.78 is 5.00. The first-order valence-corrected chi connectivity index (χ1v) is 7.56. The summed E-state index contributed by atoms with van der Waals surface area (Å²) in [5.41, 5.74) is 0.695. The highest BCUT2D eigenvalue weighted by Gasteiger charge is 2.22. The van der Waals surface area contributed by atoms with Gasteiger partial charge in [-0.25, -0.2) is 9.78 Å². The highest BCUT2D eigenvalue weighted by molar-refractivity contribution is 5.90. The molecule has 7 heteroatoms. The van der Waals surface area contributed by atoms with Gasteiger partial charge >= 0.3 is 6.09 Å². The Kier molecular flexibility index (Phi) is 5.57. The Morgan fingerprint density at radius 1 is 1.23 bits per heavy atom. The van der Waals surface area contributed by atoms with Crippen LogP contribution in [-0.4, -0.2) is 54.7 Å². The third kappa shape index (κ3) is 4.09. The van der Waals surface area contributed by atoms with E-state index in [-0.39, 0.29) is 12.0 Å². The number of amides is 2. The molecule has 0 atom stereocenters. The smallest absolute Gasteiger partial charge is 0.409 e. The predicted octanol–water partition coefficient (Wildman–Crippen LogP) is 1.71. The van der Waals surface area contributed by atoms with Gasteiger partial charge in [0.25, 0.3) is 0 Å². The van der Waals surface area contributed by atoms with E-state index < -0.39 is 0 Å². The maximum atomic E-state index is 11.6. The van der Waals surface area contributed by atoms with Gasteiger partial charge in [0.1, 0.15) is 5.82 Å². The first-order chi connectivity index (χ1) is 10.6. The molecule has 0 radical (unpaired) electrons. The number of hydrogen-bond donors (Lipinski definition) is 1.